The SMILES string of the molecule is Cc1nnc(SCC2=C(C(=O)OCc3oc(=O)oc3C)N3C(=O)[C@H](NC(=O)C(OC(=O)[C@H](C)N)c4ccccc4)[C@@H]3SC2)s1.Cl. The standard InChI is InChI=1S/C27H27N5O9S3.ClH/c1-12(28)24(35)41-20(15-7-5-4-6-8-15)21(33)29-18-22(34)32-19(25(36)38-9-17-13(2)39-27(37)40-17)16(10-42-23(18)32)11-43-26-31-30-14(3)44-26;/h4-8,12,18,20,23H,9-11,28H2,1-3H3,(H,29,33);1H/t12-,18-,20?,23-;/m0./s1. The van der Waals surface area contributed by atoms with Crippen LogP contribution >= 0.6 is 47.3 Å². The molecule has 0 aliphatic carbocycles. The molecule has 0 spiro atoms. The molecule has 5 rings (SSSR count). The molecule has 1 aromatic carbocycles. The van der Waals surface area contributed by atoms with Crippen LogP contribution in [0.15, 0.2) is 59.6 Å². The third kappa shape index (κ3) is 7.61. The minimum atomic E-state index is -1.35. The number of amides is 2. The summed E-state index contributed by atoms with van der Waals surface area (Å²) < 4.78 is 21.3. The second kappa shape index (κ2) is 14.6. The number of fused-ring (bicyclic) bond motifs is 1. The summed E-state index contributed by atoms with van der Waals surface area (Å²) in [5.41, 5.74) is 6.69. The molecule has 2 aliphatic rings. The van der Waals surface area contributed by atoms with Crippen molar-refractivity contribution in [2.24, 2.45) is 5.73 Å². The Morgan fingerprint density at radius 3 is 2.53 bits per heavy atom. The number of β-lactam (4-membered cyclic amide) rings is 1. The van der Waals surface area contributed by atoms with Crippen molar-refractivity contribution in [1.82, 2.24) is 20.4 Å². The van der Waals surface area contributed by atoms with E-state index in [4.69, 9.17) is 24.0 Å². The van der Waals surface area contributed by atoms with Crippen LogP contribution in [0.5, 0.6) is 0 Å². The minimum absolute atomic E-state index is 0. The minimum Gasteiger partial charge on any atom is -0.453 e. The van der Waals surface area contributed by atoms with Gasteiger partial charge in [0.2, 0.25) is 6.10 Å². The largest absolute Gasteiger partial charge is 0.519 e. The molecule has 18 heteroatoms. The number of aryl methyl sites for hydroxylation is 2. The van der Waals surface area contributed by atoms with Gasteiger partial charge in [0.1, 0.15) is 28.2 Å². The Morgan fingerprint density at radius 2 is 1.91 bits per heavy atom. The van der Waals surface area contributed by atoms with Gasteiger partial charge in [0.05, 0.1) is 0 Å². The summed E-state index contributed by atoms with van der Waals surface area (Å²) >= 11 is 4.12. The number of ether oxygens (including phenoxy) is 2. The lowest BCUT2D eigenvalue weighted by molar-refractivity contribution is -0.160. The fourth-order valence-corrected chi connectivity index (χ4v) is 7.63. The third-order valence-corrected chi connectivity index (χ3v) is 9.93. The molecule has 0 bridgehead atoms. The van der Waals surface area contributed by atoms with E-state index in [2.05, 4.69) is 15.5 Å². The van der Waals surface area contributed by atoms with Gasteiger partial charge in [0.15, 0.2) is 22.5 Å². The Morgan fingerprint density at radius 1 is 1.18 bits per heavy atom. The second-order valence-electron chi connectivity index (χ2n) is 9.75. The number of rotatable bonds is 11. The van der Waals surface area contributed by atoms with Crippen molar-refractivity contribution >= 4 is 71.0 Å². The van der Waals surface area contributed by atoms with Crippen molar-refractivity contribution in [3.63, 3.8) is 0 Å². The molecule has 1 unspecified atom stereocenters. The van der Waals surface area contributed by atoms with Gasteiger partial charge in [-0.1, -0.05) is 53.4 Å². The van der Waals surface area contributed by atoms with E-state index < -0.39 is 53.1 Å². The molecule has 3 aromatic rings. The molecule has 1 saturated heterocycles. The molecule has 2 aliphatic heterocycles. The van der Waals surface area contributed by atoms with Crippen molar-refractivity contribution < 1.29 is 37.5 Å². The number of aromatic nitrogens is 2. The first-order valence-corrected chi connectivity index (χ1v) is 16.1. The number of nitrogens with two attached hydrogens (primary N) is 1. The summed E-state index contributed by atoms with van der Waals surface area (Å²) in [6.45, 7) is 4.37. The zero-order valence-corrected chi connectivity index (χ0v) is 27.3. The smallest absolute Gasteiger partial charge is 0.453 e. The Kier molecular flexibility index (Phi) is 11.1. The number of nitrogens with zero attached hydrogens (tertiary/aromatic N) is 3. The summed E-state index contributed by atoms with van der Waals surface area (Å²) in [6, 6.07) is 6.37. The topological polar surface area (TPSA) is 197 Å². The summed E-state index contributed by atoms with van der Waals surface area (Å²) in [5, 5.41) is 10.9. The fraction of sp³-hybridized carbons (Fsp3) is 0.370. The van der Waals surface area contributed by atoms with Gasteiger partial charge >= 0.3 is 17.8 Å². The molecule has 240 valence electrons. The average molecular weight is 698 g/mol. The number of nitrogens with one attached hydrogen (secondary N) is 1. The van der Waals surface area contributed by atoms with Crippen LogP contribution in [0.1, 0.15) is 35.1 Å². The number of carbonyl (C=O) groups is 4. The molecule has 14 nitrogen and oxygen atoms in total. The number of thioether (sulfide) groups is 2. The van der Waals surface area contributed by atoms with Gasteiger partial charge in [-0.3, -0.25) is 19.3 Å². The normalized spacial score (nSPS) is 18.7. The van der Waals surface area contributed by atoms with Gasteiger partial charge in [0.25, 0.3) is 11.8 Å². The van der Waals surface area contributed by atoms with E-state index in [-0.39, 0.29) is 36.2 Å². The van der Waals surface area contributed by atoms with Crippen LogP contribution in [0.2, 0.25) is 0 Å². The Balaban J connectivity index is 0.00000461. The lowest BCUT2D eigenvalue weighted by Gasteiger charge is -2.49. The first kappa shape index (κ1) is 34.2. The highest BCUT2D eigenvalue weighted by molar-refractivity contribution is 8.01. The second-order valence-corrected chi connectivity index (χ2v) is 13.3. The van der Waals surface area contributed by atoms with Gasteiger partial charge in [-0.2, -0.15) is 0 Å². The molecular weight excluding hydrogens is 670 g/mol. The van der Waals surface area contributed by atoms with Crippen LogP contribution in [0, 0.1) is 13.8 Å². The Hall–Kier alpha value is -3.64. The van der Waals surface area contributed by atoms with Crippen molar-refractivity contribution in [1.29, 1.82) is 0 Å². The zero-order chi connectivity index (χ0) is 31.5. The van der Waals surface area contributed by atoms with Crippen molar-refractivity contribution in [3.8, 4) is 0 Å². The van der Waals surface area contributed by atoms with Gasteiger partial charge < -0.3 is 29.4 Å². The van der Waals surface area contributed by atoms with Crippen LogP contribution in [-0.4, -0.2) is 67.8 Å². The highest BCUT2D eigenvalue weighted by atomic mass is 35.5. The monoisotopic (exact) mass is 697 g/mol. The Bertz CT molecular complexity index is 1670. The number of halogens is 1. The van der Waals surface area contributed by atoms with Crippen molar-refractivity contribution in [2.75, 3.05) is 11.5 Å². The molecule has 4 heterocycles. The summed E-state index contributed by atoms with van der Waals surface area (Å²) in [7, 11) is 0. The lowest BCUT2D eigenvalue weighted by atomic mass is 10.0. The van der Waals surface area contributed by atoms with Crippen molar-refractivity contribution in [3.05, 3.63) is 74.3 Å². The van der Waals surface area contributed by atoms with Crippen LogP contribution in [0.25, 0.3) is 0 Å². The summed E-state index contributed by atoms with van der Waals surface area (Å²) in [5.74, 6) is -2.91. The van der Waals surface area contributed by atoms with Gasteiger partial charge in [-0.25, -0.2) is 9.59 Å². The van der Waals surface area contributed by atoms with E-state index in [1.165, 1.54) is 53.6 Å². The van der Waals surface area contributed by atoms with E-state index in [1.807, 2.05) is 6.92 Å². The average Bonchev–Trinajstić information content (AvgIpc) is 3.58. The molecular formula is C27H28ClN5O9S3. The molecule has 45 heavy (non-hydrogen) atoms. The van der Waals surface area contributed by atoms with Crippen LogP contribution in [0.3, 0.4) is 0 Å². The van der Waals surface area contributed by atoms with Gasteiger partial charge in [0, 0.05) is 17.1 Å². The maximum Gasteiger partial charge on any atom is 0.519 e. The van der Waals surface area contributed by atoms with Gasteiger partial charge in [-0.05, 0) is 26.3 Å². The Labute approximate surface area is 274 Å². The number of benzene rings is 1. The third-order valence-electron chi connectivity index (χ3n) is 6.53. The highest BCUT2D eigenvalue weighted by Gasteiger charge is 2.55. The summed E-state index contributed by atoms with van der Waals surface area (Å²) in [4.78, 5) is 65.3. The maximum absolute atomic E-state index is 13.5. The summed E-state index contributed by atoms with van der Waals surface area (Å²) in [6.07, 6.45) is -1.35. The maximum atomic E-state index is 13.5. The van der Waals surface area contributed by atoms with Crippen molar-refractivity contribution in [2.45, 2.75) is 55.3 Å². The molecule has 0 saturated carbocycles. The van der Waals surface area contributed by atoms with Crippen LogP contribution < -0.4 is 16.9 Å². The number of hydrogen-bond donors (Lipinski definition) is 2. The predicted molar refractivity (Wildman–Crippen MR) is 165 cm³/mol. The van der Waals surface area contributed by atoms with Crippen LogP contribution in [0.4, 0.5) is 0 Å². The first-order chi connectivity index (χ1) is 21.0. The highest BCUT2D eigenvalue weighted by Crippen LogP contribution is 2.42. The molecule has 2 amide bonds. The lowest BCUT2D eigenvalue weighted by Crippen LogP contribution is -2.71. The molecule has 0 radical (unpaired) electrons. The molecule has 4 atom stereocenters. The first-order valence-electron chi connectivity index (χ1n) is 13.2. The number of carbonyl (C=O) groups excluding carboxylic acids is 4. The van der Waals surface area contributed by atoms with Crippen LogP contribution in [-0.2, 0) is 35.3 Å². The quantitative estimate of drug-likeness (QED) is 0.168. The number of esters is 2. The number of hydrogen-bond acceptors (Lipinski definition) is 15. The van der Waals surface area contributed by atoms with E-state index in [0.717, 1.165) is 5.01 Å². The van der Waals surface area contributed by atoms with Gasteiger partial charge in [-0.15, -0.1) is 34.4 Å². The van der Waals surface area contributed by atoms with E-state index in [9.17, 15) is 24.0 Å². The zero-order valence-electron chi connectivity index (χ0n) is 24.0. The van der Waals surface area contributed by atoms with E-state index in [1.54, 1.807) is 30.3 Å². The molecule has 1 fully saturated rings. The predicted octanol–water partition coefficient (Wildman–Crippen LogP) is 2.24. The molecule has 2 aromatic heterocycles. The van der Waals surface area contributed by atoms with E-state index in [0.29, 0.717) is 27.0 Å². The molecule has 3 N–H and O–H groups in total. The fourth-order valence-electron chi connectivity index (χ4n) is 4.33. The van der Waals surface area contributed by atoms with E-state index >= 15 is 0 Å².